The van der Waals surface area contributed by atoms with Crippen LogP contribution in [0, 0.1) is 5.82 Å². The van der Waals surface area contributed by atoms with Gasteiger partial charge in [-0.1, -0.05) is 42.5 Å². The van der Waals surface area contributed by atoms with Crippen LogP contribution in [0.15, 0.2) is 71.3 Å². The van der Waals surface area contributed by atoms with Crippen LogP contribution in [-0.2, 0) is 27.2 Å². The molecule has 0 bridgehead atoms. The van der Waals surface area contributed by atoms with E-state index in [1.807, 2.05) is 36.4 Å². The molecule has 4 rings (SSSR count). The average Bonchev–Trinajstić information content (AvgIpc) is 3.17. The van der Waals surface area contributed by atoms with Crippen LogP contribution in [0.25, 0.3) is 21.7 Å². The average molecular weight is 405 g/mol. The number of fused-ring (bicyclic) bond motifs is 3. The number of carbonyl (C=O) groups is 2. The highest BCUT2D eigenvalue weighted by Gasteiger charge is 2.15. The van der Waals surface area contributed by atoms with Crippen LogP contribution in [-0.4, -0.2) is 25.0 Å². The Morgan fingerprint density at radius 2 is 1.80 bits per heavy atom. The number of benzene rings is 3. The molecule has 0 fully saturated rings. The molecule has 4 aromatic rings. The summed E-state index contributed by atoms with van der Waals surface area (Å²) in [5, 5.41) is 5.63. The van der Waals surface area contributed by atoms with Crippen molar-refractivity contribution in [1.82, 2.24) is 5.32 Å². The first-order valence-corrected chi connectivity index (χ1v) is 9.65. The van der Waals surface area contributed by atoms with Gasteiger partial charge >= 0.3 is 5.97 Å². The van der Waals surface area contributed by atoms with Crippen LogP contribution in [0.4, 0.5) is 4.39 Å². The third-order valence-corrected chi connectivity index (χ3v) is 4.89. The van der Waals surface area contributed by atoms with Crippen molar-refractivity contribution in [2.45, 2.75) is 12.8 Å². The van der Waals surface area contributed by atoms with E-state index in [9.17, 15) is 14.0 Å². The van der Waals surface area contributed by atoms with Crippen LogP contribution < -0.4 is 5.32 Å². The van der Waals surface area contributed by atoms with Gasteiger partial charge in [-0.05, 0) is 41.0 Å². The van der Waals surface area contributed by atoms with E-state index in [0.29, 0.717) is 18.5 Å². The number of furan rings is 1. The second kappa shape index (κ2) is 8.78. The summed E-state index contributed by atoms with van der Waals surface area (Å²) in [6, 6.07) is 17.8. The molecule has 30 heavy (non-hydrogen) atoms. The lowest BCUT2D eigenvalue weighted by atomic mass is 10.0. The topological polar surface area (TPSA) is 68.5 Å². The first-order valence-electron chi connectivity index (χ1n) is 9.65. The third-order valence-electron chi connectivity index (χ3n) is 4.89. The maximum absolute atomic E-state index is 12.9. The Labute approximate surface area is 172 Å². The predicted molar refractivity (Wildman–Crippen MR) is 111 cm³/mol. The normalized spacial score (nSPS) is 11.0. The molecule has 0 aliphatic heterocycles. The SMILES string of the molecule is O=C(COC(=O)Cc1coc2ccc3ccccc3c12)NCCc1ccc(F)cc1. The molecule has 3 aromatic carbocycles. The zero-order valence-corrected chi connectivity index (χ0v) is 16.2. The minimum Gasteiger partial charge on any atom is -0.464 e. The molecular formula is C24H20FNO4. The molecule has 6 heteroatoms. The highest BCUT2D eigenvalue weighted by molar-refractivity contribution is 6.08. The van der Waals surface area contributed by atoms with Gasteiger partial charge < -0.3 is 14.5 Å². The number of halogens is 1. The van der Waals surface area contributed by atoms with Crippen LogP contribution in [0.1, 0.15) is 11.1 Å². The molecule has 0 saturated carbocycles. The summed E-state index contributed by atoms with van der Waals surface area (Å²) in [5.74, 6) is -1.18. The van der Waals surface area contributed by atoms with Gasteiger partial charge in [0, 0.05) is 17.5 Å². The molecule has 0 aliphatic rings. The maximum Gasteiger partial charge on any atom is 0.310 e. The molecule has 1 amide bonds. The summed E-state index contributed by atoms with van der Waals surface area (Å²) in [4.78, 5) is 24.2. The highest BCUT2D eigenvalue weighted by atomic mass is 19.1. The summed E-state index contributed by atoms with van der Waals surface area (Å²) >= 11 is 0. The van der Waals surface area contributed by atoms with Crippen molar-refractivity contribution in [1.29, 1.82) is 0 Å². The van der Waals surface area contributed by atoms with Crippen molar-refractivity contribution < 1.29 is 23.1 Å². The number of rotatable bonds is 7. The fourth-order valence-corrected chi connectivity index (χ4v) is 3.41. The van der Waals surface area contributed by atoms with E-state index in [1.54, 1.807) is 18.4 Å². The highest BCUT2D eigenvalue weighted by Crippen LogP contribution is 2.30. The molecular weight excluding hydrogens is 385 g/mol. The van der Waals surface area contributed by atoms with E-state index in [-0.39, 0.29) is 24.8 Å². The molecule has 152 valence electrons. The number of carbonyl (C=O) groups excluding carboxylic acids is 2. The van der Waals surface area contributed by atoms with Gasteiger partial charge in [0.1, 0.15) is 11.4 Å². The molecule has 5 nitrogen and oxygen atoms in total. The second-order valence-electron chi connectivity index (χ2n) is 6.98. The summed E-state index contributed by atoms with van der Waals surface area (Å²) in [7, 11) is 0. The number of hydrogen-bond donors (Lipinski definition) is 1. The number of esters is 1. The van der Waals surface area contributed by atoms with Gasteiger partial charge in [0.25, 0.3) is 5.91 Å². The minimum absolute atomic E-state index is 0.0177. The molecule has 0 saturated heterocycles. The van der Waals surface area contributed by atoms with Gasteiger partial charge in [-0.2, -0.15) is 0 Å². The van der Waals surface area contributed by atoms with Crippen LogP contribution in [0.3, 0.4) is 0 Å². The predicted octanol–water partition coefficient (Wildman–Crippen LogP) is 4.17. The van der Waals surface area contributed by atoms with Gasteiger partial charge in [0.2, 0.25) is 0 Å². The molecule has 0 radical (unpaired) electrons. The van der Waals surface area contributed by atoms with Crippen molar-refractivity contribution in [2.24, 2.45) is 0 Å². The maximum atomic E-state index is 12.9. The molecule has 0 aliphatic carbocycles. The fraction of sp³-hybridized carbons (Fsp3) is 0.167. The molecule has 1 aromatic heterocycles. The largest absolute Gasteiger partial charge is 0.464 e. The zero-order chi connectivity index (χ0) is 20.9. The van der Waals surface area contributed by atoms with E-state index in [4.69, 9.17) is 9.15 Å². The smallest absolute Gasteiger partial charge is 0.310 e. The van der Waals surface area contributed by atoms with Crippen molar-refractivity contribution in [3.05, 3.63) is 83.9 Å². The lowest BCUT2D eigenvalue weighted by Crippen LogP contribution is -2.30. The van der Waals surface area contributed by atoms with Crippen molar-refractivity contribution in [2.75, 3.05) is 13.2 Å². The molecule has 0 atom stereocenters. The van der Waals surface area contributed by atoms with E-state index in [1.165, 1.54) is 12.1 Å². The first-order chi connectivity index (χ1) is 14.6. The summed E-state index contributed by atoms with van der Waals surface area (Å²) in [6.45, 7) is 0.0269. The van der Waals surface area contributed by atoms with Gasteiger partial charge in [-0.25, -0.2) is 4.39 Å². The first kappa shape index (κ1) is 19.6. The quantitative estimate of drug-likeness (QED) is 0.469. The number of ether oxygens (including phenoxy) is 1. The Hall–Kier alpha value is -3.67. The third kappa shape index (κ3) is 4.49. The Balaban J connectivity index is 1.30. The van der Waals surface area contributed by atoms with Crippen LogP contribution in [0.5, 0.6) is 0 Å². The summed E-state index contributed by atoms with van der Waals surface area (Å²) in [5.41, 5.74) is 2.34. The number of amides is 1. The van der Waals surface area contributed by atoms with E-state index in [0.717, 1.165) is 27.3 Å². The van der Waals surface area contributed by atoms with Crippen molar-refractivity contribution in [3.63, 3.8) is 0 Å². The zero-order valence-electron chi connectivity index (χ0n) is 16.2. The molecule has 1 N–H and O–H groups in total. The molecule has 1 heterocycles. The Bertz CT molecular complexity index is 1200. The van der Waals surface area contributed by atoms with Gasteiger partial charge in [0.15, 0.2) is 6.61 Å². The Morgan fingerprint density at radius 3 is 2.63 bits per heavy atom. The summed E-state index contributed by atoms with van der Waals surface area (Å²) < 4.78 is 23.6. The van der Waals surface area contributed by atoms with E-state index in [2.05, 4.69) is 5.32 Å². The summed E-state index contributed by atoms with van der Waals surface area (Å²) in [6.07, 6.45) is 2.14. The van der Waals surface area contributed by atoms with Crippen LogP contribution in [0.2, 0.25) is 0 Å². The standard InChI is InChI=1S/C24H20FNO4/c25-19-8-5-16(6-9-19)11-12-26-22(27)15-30-23(28)13-18-14-29-21-10-7-17-3-1-2-4-20(17)24(18)21/h1-10,14H,11-13,15H2,(H,26,27). The number of nitrogens with one attached hydrogen (secondary N) is 1. The van der Waals surface area contributed by atoms with Gasteiger partial charge in [-0.15, -0.1) is 0 Å². The minimum atomic E-state index is -0.501. The van der Waals surface area contributed by atoms with Crippen LogP contribution >= 0.6 is 0 Å². The van der Waals surface area contributed by atoms with Gasteiger partial charge in [0.05, 0.1) is 12.7 Å². The monoisotopic (exact) mass is 405 g/mol. The fourth-order valence-electron chi connectivity index (χ4n) is 3.41. The van der Waals surface area contributed by atoms with Crippen molar-refractivity contribution in [3.8, 4) is 0 Å². The lowest BCUT2D eigenvalue weighted by molar-refractivity contribution is -0.147. The number of hydrogen-bond acceptors (Lipinski definition) is 4. The molecule has 0 spiro atoms. The Morgan fingerprint density at radius 1 is 1.00 bits per heavy atom. The van der Waals surface area contributed by atoms with Crippen molar-refractivity contribution >= 4 is 33.6 Å². The Kier molecular flexibility index (Phi) is 5.75. The van der Waals surface area contributed by atoms with E-state index >= 15 is 0 Å². The second-order valence-corrected chi connectivity index (χ2v) is 6.98. The van der Waals surface area contributed by atoms with E-state index < -0.39 is 5.97 Å². The van der Waals surface area contributed by atoms with Gasteiger partial charge in [-0.3, -0.25) is 9.59 Å². The molecule has 0 unspecified atom stereocenters. The lowest BCUT2D eigenvalue weighted by Gasteiger charge is -2.07.